The van der Waals surface area contributed by atoms with E-state index in [2.05, 4.69) is 31.9 Å². The number of benzene rings is 1. The van der Waals surface area contributed by atoms with E-state index in [0.717, 1.165) is 4.47 Å². The van der Waals surface area contributed by atoms with E-state index in [1.165, 1.54) is 22.9 Å². The van der Waals surface area contributed by atoms with Gasteiger partial charge in [-0.1, -0.05) is 15.9 Å². The summed E-state index contributed by atoms with van der Waals surface area (Å²) in [6, 6.07) is 6.12. The summed E-state index contributed by atoms with van der Waals surface area (Å²) >= 11 is 6.40. The molecule has 94 valence electrons. The average Bonchev–Trinajstić information content (AvgIpc) is 2.30. The molecular formula is C12H9Br2FN2O. The van der Waals surface area contributed by atoms with Gasteiger partial charge in [0.2, 0.25) is 0 Å². The van der Waals surface area contributed by atoms with Gasteiger partial charge in [-0.15, -0.1) is 0 Å². The minimum absolute atomic E-state index is 0.133. The number of nitrogens with zero attached hydrogens (tertiary/aromatic N) is 1. The first-order valence-corrected chi connectivity index (χ1v) is 6.65. The molecule has 0 aliphatic carbocycles. The van der Waals surface area contributed by atoms with Crippen molar-refractivity contribution in [2.75, 3.05) is 5.73 Å². The van der Waals surface area contributed by atoms with Gasteiger partial charge in [0, 0.05) is 21.9 Å². The molecule has 0 aliphatic rings. The van der Waals surface area contributed by atoms with Crippen molar-refractivity contribution in [3.05, 3.63) is 61.1 Å². The Morgan fingerprint density at radius 1 is 1.28 bits per heavy atom. The molecule has 2 N–H and O–H groups in total. The van der Waals surface area contributed by atoms with Gasteiger partial charge in [-0.05, 0) is 40.2 Å². The Morgan fingerprint density at radius 2 is 2.00 bits per heavy atom. The van der Waals surface area contributed by atoms with Crippen LogP contribution in [0.5, 0.6) is 0 Å². The van der Waals surface area contributed by atoms with Gasteiger partial charge in [0.1, 0.15) is 5.82 Å². The van der Waals surface area contributed by atoms with Crippen molar-refractivity contribution in [2.45, 2.75) is 6.54 Å². The number of aromatic nitrogens is 1. The van der Waals surface area contributed by atoms with Gasteiger partial charge < -0.3 is 10.3 Å². The molecule has 1 heterocycles. The smallest absolute Gasteiger partial charge is 0.265 e. The van der Waals surface area contributed by atoms with E-state index in [-0.39, 0.29) is 17.9 Å². The highest BCUT2D eigenvalue weighted by Crippen LogP contribution is 2.17. The normalized spacial score (nSPS) is 10.6. The van der Waals surface area contributed by atoms with E-state index < -0.39 is 0 Å². The Labute approximate surface area is 120 Å². The van der Waals surface area contributed by atoms with Crippen molar-refractivity contribution in [1.82, 2.24) is 4.57 Å². The number of pyridine rings is 1. The van der Waals surface area contributed by atoms with Crippen LogP contribution in [-0.4, -0.2) is 4.57 Å². The predicted molar refractivity (Wildman–Crippen MR) is 76.0 cm³/mol. The SMILES string of the molecule is Nc1cc(Br)c(=O)n(Cc2cc(Br)ccc2F)c1. The fourth-order valence-corrected chi connectivity index (χ4v) is 2.49. The van der Waals surface area contributed by atoms with Gasteiger partial charge >= 0.3 is 0 Å². The molecule has 0 spiro atoms. The van der Waals surface area contributed by atoms with Crippen LogP contribution in [0.25, 0.3) is 0 Å². The van der Waals surface area contributed by atoms with E-state index in [4.69, 9.17) is 5.73 Å². The van der Waals surface area contributed by atoms with Crippen LogP contribution in [0, 0.1) is 5.82 Å². The maximum atomic E-state index is 13.6. The van der Waals surface area contributed by atoms with Crippen LogP contribution < -0.4 is 11.3 Å². The summed E-state index contributed by atoms with van der Waals surface area (Å²) in [4.78, 5) is 11.8. The monoisotopic (exact) mass is 374 g/mol. The second-order valence-corrected chi connectivity index (χ2v) is 5.56. The largest absolute Gasteiger partial charge is 0.398 e. The molecule has 3 nitrogen and oxygen atoms in total. The second kappa shape index (κ2) is 5.24. The minimum atomic E-state index is -0.358. The zero-order chi connectivity index (χ0) is 13.3. The summed E-state index contributed by atoms with van der Waals surface area (Å²) in [5.74, 6) is -0.358. The number of nitrogens with two attached hydrogens (primary N) is 1. The van der Waals surface area contributed by atoms with Crippen LogP contribution in [0.3, 0.4) is 0 Å². The molecule has 1 aromatic carbocycles. The van der Waals surface area contributed by atoms with E-state index in [0.29, 0.717) is 15.7 Å². The summed E-state index contributed by atoms with van der Waals surface area (Å²) in [7, 11) is 0. The highest BCUT2D eigenvalue weighted by molar-refractivity contribution is 9.10. The van der Waals surface area contributed by atoms with Gasteiger partial charge in [-0.2, -0.15) is 0 Å². The van der Waals surface area contributed by atoms with Crippen molar-refractivity contribution in [3.63, 3.8) is 0 Å². The molecule has 1 aromatic heterocycles. The fourth-order valence-electron chi connectivity index (χ4n) is 1.59. The molecule has 0 bridgehead atoms. The lowest BCUT2D eigenvalue weighted by molar-refractivity contribution is 0.595. The molecule has 2 aromatic rings. The number of anilines is 1. The summed E-state index contributed by atoms with van der Waals surface area (Å²) in [5, 5.41) is 0. The Balaban J connectivity index is 2.46. The fraction of sp³-hybridized carbons (Fsp3) is 0.0833. The number of hydrogen-bond donors (Lipinski definition) is 1. The number of hydrogen-bond acceptors (Lipinski definition) is 2. The lowest BCUT2D eigenvalue weighted by Gasteiger charge is -2.09. The molecule has 0 radical (unpaired) electrons. The standard InChI is InChI=1S/C12H9Br2FN2O/c13-8-1-2-11(15)7(3-8)5-17-6-9(16)4-10(14)12(17)18/h1-4,6H,5,16H2. The highest BCUT2D eigenvalue weighted by Gasteiger charge is 2.07. The van der Waals surface area contributed by atoms with Crippen molar-refractivity contribution >= 4 is 37.5 Å². The molecule has 0 saturated heterocycles. The lowest BCUT2D eigenvalue weighted by Crippen LogP contribution is -2.21. The first kappa shape index (κ1) is 13.3. The van der Waals surface area contributed by atoms with Gasteiger partial charge in [-0.25, -0.2) is 4.39 Å². The Hall–Kier alpha value is -1.14. The first-order chi connectivity index (χ1) is 8.47. The summed E-state index contributed by atoms with van der Waals surface area (Å²) < 4.78 is 16.1. The number of nitrogen functional groups attached to an aromatic ring is 1. The zero-order valence-corrected chi connectivity index (χ0v) is 12.3. The van der Waals surface area contributed by atoms with Crippen molar-refractivity contribution < 1.29 is 4.39 Å². The molecule has 0 unspecified atom stereocenters. The summed E-state index contributed by atoms with van der Waals surface area (Å²) in [5.41, 5.74) is 6.27. The molecule has 0 atom stereocenters. The zero-order valence-electron chi connectivity index (χ0n) is 9.16. The minimum Gasteiger partial charge on any atom is -0.398 e. The highest BCUT2D eigenvalue weighted by atomic mass is 79.9. The van der Waals surface area contributed by atoms with Gasteiger partial charge in [0.15, 0.2) is 0 Å². The maximum absolute atomic E-state index is 13.6. The van der Waals surface area contributed by atoms with E-state index >= 15 is 0 Å². The van der Waals surface area contributed by atoms with Gasteiger partial charge in [-0.3, -0.25) is 4.79 Å². The predicted octanol–water partition coefficient (Wildman–Crippen LogP) is 3.14. The summed E-state index contributed by atoms with van der Waals surface area (Å²) in [6.45, 7) is 0.133. The van der Waals surface area contributed by atoms with Crippen molar-refractivity contribution in [3.8, 4) is 0 Å². The van der Waals surface area contributed by atoms with Crippen LogP contribution in [0.1, 0.15) is 5.56 Å². The topological polar surface area (TPSA) is 48.0 Å². The van der Waals surface area contributed by atoms with Gasteiger partial charge in [0.25, 0.3) is 5.56 Å². The molecule has 2 rings (SSSR count). The summed E-state index contributed by atoms with van der Waals surface area (Å²) in [6.07, 6.45) is 1.49. The lowest BCUT2D eigenvalue weighted by atomic mass is 10.2. The molecular weight excluding hydrogens is 367 g/mol. The van der Waals surface area contributed by atoms with Gasteiger partial charge in [0.05, 0.1) is 11.0 Å². The van der Waals surface area contributed by atoms with Crippen molar-refractivity contribution in [1.29, 1.82) is 0 Å². The molecule has 6 heteroatoms. The Bertz CT molecular complexity index is 655. The van der Waals surface area contributed by atoms with Crippen LogP contribution in [0.2, 0.25) is 0 Å². The van der Waals surface area contributed by atoms with E-state index in [1.54, 1.807) is 12.1 Å². The maximum Gasteiger partial charge on any atom is 0.265 e. The quantitative estimate of drug-likeness (QED) is 0.876. The second-order valence-electron chi connectivity index (χ2n) is 3.79. The number of halogens is 3. The molecule has 18 heavy (non-hydrogen) atoms. The van der Waals surface area contributed by atoms with Crippen LogP contribution in [0.4, 0.5) is 10.1 Å². The molecule has 0 aliphatic heterocycles. The average molecular weight is 376 g/mol. The van der Waals surface area contributed by atoms with Crippen molar-refractivity contribution in [2.24, 2.45) is 0 Å². The molecule has 0 saturated carbocycles. The Kier molecular flexibility index (Phi) is 3.87. The third-order valence-corrected chi connectivity index (χ3v) is 3.47. The van der Waals surface area contributed by atoms with Crippen LogP contribution in [-0.2, 0) is 6.54 Å². The van der Waals surface area contributed by atoms with Crippen LogP contribution >= 0.6 is 31.9 Å². The van der Waals surface area contributed by atoms with E-state index in [1.807, 2.05) is 0 Å². The Morgan fingerprint density at radius 3 is 2.72 bits per heavy atom. The molecule has 0 fully saturated rings. The van der Waals surface area contributed by atoms with Crippen LogP contribution in [0.15, 0.2) is 44.2 Å². The number of rotatable bonds is 2. The van der Waals surface area contributed by atoms with E-state index in [9.17, 15) is 9.18 Å². The molecule has 0 amide bonds. The first-order valence-electron chi connectivity index (χ1n) is 5.07. The third-order valence-electron chi connectivity index (χ3n) is 2.41. The third kappa shape index (κ3) is 2.81.